The van der Waals surface area contributed by atoms with Gasteiger partial charge in [0, 0.05) is 5.69 Å². The van der Waals surface area contributed by atoms with E-state index in [1.54, 1.807) is 12.1 Å². The summed E-state index contributed by atoms with van der Waals surface area (Å²) in [6.07, 6.45) is 1.75. The molecule has 16 heavy (non-hydrogen) atoms. The molecular formula is C13H19NO2. The first kappa shape index (κ1) is 12.6. The maximum Gasteiger partial charge on any atom is 0.311 e. The standard InChI is InChI=1S/C13H19NO2/c1-3-9(4-2)12(13(15)16)10-5-7-11(14)8-6-10/h5-9,12H,3-4,14H2,1-2H3,(H,15,16). The van der Waals surface area contributed by atoms with Crippen molar-refractivity contribution in [1.29, 1.82) is 0 Å². The molecule has 0 saturated carbocycles. The summed E-state index contributed by atoms with van der Waals surface area (Å²) in [6, 6.07) is 7.14. The summed E-state index contributed by atoms with van der Waals surface area (Å²) in [6.45, 7) is 4.06. The van der Waals surface area contributed by atoms with Gasteiger partial charge in [-0.25, -0.2) is 0 Å². The van der Waals surface area contributed by atoms with E-state index in [2.05, 4.69) is 0 Å². The lowest BCUT2D eigenvalue weighted by molar-refractivity contribution is -0.140. The number of aliphatic carboxylic acids is 1. The third-order valence-corrected chi connectivity index (χ3v) is 3.08. The monoisotopic (exact) mass is 221 g/mol. The largest absolute Gasteiger partial charge is 0.481 e. The Labute approximate surface area is 96.3 Å². The average molecular weight is 221 g/mol. The van der Waals surface area contributed by atoms with Crippen LogP contribution >= 0.6 is 0 Å². The van der Waals surface area contributed by atoms with E-state index < -0.39 is 11.9 Å². The highest BCUT2D eigenvalue weighted by atomic mass is 16.4. The Morgan fingerprint density at radius 1 is 1.25 bits per heavy atom. The highest BCUT2D eigenvalue weighted by molar-refractivity contribution is 5.76. The summed E-state index contributed by atoms with van der Waals surface area (Å²) in [4.78, 5) is 11.3. The Morgan fingerprint density at radius 2 is 1.75 bits per heavy atom. The molecule has 0 fully saturated rings. The summed E-state index contributed by atoms with van der Waals surface area (Å²) >= 11 is 0. The number of carboxylic acid groups (broad SMARTS) is 1. The van der Waals surface area contributed by atoms with E-state index in [0.29, 0.717) is 5.69 Å². The van der Waals surface area contributed by atoms with Crippen molar-refractivity contribution in [3.05, 3.63) is 29.8 Å². The molecule has 1 atom stereocenters. The molecule has 1 rings (SSSR count). The Balaban J connectivity index is 3.02. The van der Waals surface area contributed by atoms with Crippen LogP contribution < -0.4 is 5.73 Å². The summed E-state index contributed by atoms with van der Waals surface area (Å²) in [5.41, 5.74) is 7.10. The van der Waals surface area contributed by atoms with Crippen molar-refractivity contribution in [2.75, 3.05) is 5.73 Å². The number of benzene rings is 1. The predicted molar refractivity (Wildman–Crippen MR) is 65.3 cm³/mol. The molecule has 0 saturated heterocycles. The van der Waals surface area contributed by atoms with E-state index >= 15 is 0 Å². The zero-order chi connectivity index (χ0) is 12.1. The fourth-order valence-electron chi connectivity index (χ4n) is 2.08. The van der Waals surface area contributed by atoms with Gasteiger partial charge in [-0.3, -0.25) is 4.79 Å². The number of hydrogen-bond acceptors (Lipinski definition) is 2. The second kappa shape index (κ2) is 5.54. The highest BCUT2D eigenvalue weighted by Crippen LogP contribution is 2.30. The van der Waals surface area contributed by atoms with Crippen molar-refractivity contribution in [1.82, 2.24) is 0 Å². The average Bonchev–Trinajstić information content (AvgIpc) is 2.27. The van der Waals surface area contributed by atoms with Crippen LogP contribution in [0.1, 0.15) is 38.2 Å². The van der Waals surface area contributed by atoms with E-state index in [4.69, 9.17) is 5.73 Å². The van der Waals surface area contributed by atoms with E-state index in [0.717, 1.165) is 18.4 Å². The number of carbonyl (C=O) groups is 1. The molecule has 0 spiro atoms. The third-order valence-electron chi connectivity index (χ3n) is 3.08. The van der Waals surface area contributed by atoms with E-state index in [1.165, 1.54) is 0 Å². The zero-order valence-electron chi connectivity index (χ0n) is 9.81. The molecule has 0 heterocycles. The number of carboxylic acids is 1. The van der Waals surface area contributed by atoms with Crippen molar-refractivity contribution in [3.63, 3.8) is 0 Å². The summed E-state index contributed by atoms with van der Waals surface area (Å²) in [5, 5.41) is 9.30. The third kappa shape index (κ3) is 2.75. The molecule has 88 valence electrons. The van der Waals surface area contributed by atoms with Crippen molar-refractivity contribution in [3.8, 4) is 0 Å². The molecule has 0 radical (unpaired) electrons. The van der Waals surface area contributed by atoms with Gasteiger partial charge in [-0.05, 0) is 23.6 Å². The molecule has 0 aliphatic heterocycles. The molecule has 1 aromatic rings. The van der Waals surface area contributed by atoms with E-state index in [1.807, 2.05) is 26.0 Å². The Hall–Kier alpha value is -1.51. The molecule has 0 aliphatic carbocycles. The molecule has 0 bridgehead atoms. The van der Waals surface area contributed by atoms with Gasteiger partial charge in [-0.1, -0.05) is 38.8 Å². The molecular weight excluding hydrogens is 202 g/mol. The zero-order valence-corrected chi connectivity index (χ0v) is 9.81. The first-order chi connectivity index (χ1) is 7.60. The van der Waals surface area contributed by atoms with Gasteiger partial charge in [-0.15, -0.1) is 0 Å². The quantitative estimate of drug-likeness (QED) is 0.751. The summed E-state index contributed by atoms with van der Waals surface area (Å²) < 4.78 is 0. The van der Waals surface area contributed by atoms with Crippen LogP contribution in [0, 0.1) is 5.92 Å². The molecule has 3 N–H and O–H groups in total. The smallest absolute Gasteiger partial charge is 0.311 e. The Bertz CT molecular complexity index is 341. The minimum Gasteiger partial charge on any atom is -0.481 e. The second-order valence-corrected chi connectivity index (χ2v) is 4.06. The topological polar surface area (TPSA) is 63.3 Å². The van der Waals surface area contributed by atoms with Crippen LogP contribution in [0.5, 0.6) is 0 Å². The number of rotatable bonds is 5. The molecule has 3 heteroatoms. The Kier molecular flexibility index (Phi) is 4.35. The van der Waals surface area contributed by atoms with Crippen molar-refractivity contribution in [2.24, 2.45) is 5.92 Å². The second-order valence-electron chi connectivity index (χ2n) is 4.06. The lowest BCUT2D eigenvalue weighted by Gasteiger charge is -2.21. The molecule has 0 amide bonds. The summed E-state index contributed by atoms with van der Waals surface area (Å²) in [7, 11) is 0. The minimum atomic E-state index is -0.751. The molecule has 0 aliphatic rings. The van der Waals surface area contributed by atoms with Gasteiger partial charge in [0.15, 0.2) is 0 Å². The van der Waals surface area contributed by atoms with Gasteiger partial charge in [0.25, 0.3) is 0 Å². The number of anilines is 1. The van der Waals surface area contributed by atoms with Gasteiger partial charge in [0.1, 0.15) is 0 Å². The SMILES string of the molecule is CCC(CC)C(C(=O)O)c1ccc(N)cc1. The first-order valence-electron chi connectivity index (χ1n) is 5.68. The molecule has 1 aromatic carbocycles. The maximum atomic E-state index is 11.3. The van der Waals surface area contributed by atoms with Crippen molar-refractivity contribution in [2.45, 2.75) is 32.6 Å². The fraction of sp³-hybridized carbons (Fsp3) is 0.462. The van der Waals surface area contributed by atoms with Crippen LogP contribution in [0.25, 0.3) is 0 Å². The number of nitrogen functional groups attached to an aromatic ring is 1. The van der Waals surface area contributed by atoms with E-state index in [-0.39, 0.29) is 5.92 Å². The van der Waals surface area contributed by atoms with Gasteiger partial charge < -0.3 is 10.8 Å². The van der Waals surface area contributed by atoms with Crippen molar-refractivity contribution >= 4 is 11.7 Å². The van der Waals surface area contributed by atoms with Gasteiger partial charge in [0.2, 0.25) is 0 Å². The van der Waals surface area contributed by atoms with Crippen LogP contribution in [-0.2, 0) is 4.79 Å². The van der Waals surface area contributed by atoms with Gasteiger partial charge in [0.05, 0.1) is 5.92 Å². The lowest BCUT2D eigenvalue weighted by Crippen LogP contribution is -2.20. The van der Waals surface area contributed by atoms with Crippen LogP contribution in [0.15, 0.2) is 24.3 Å². The van der Waals surface area contributed by atoms with Crippen molar-refractivity contribution < 1.29 is 9.90 Å². The first-order valence-corrected chi connectivity index (χ1v) is 5.68. The summed E-state index contributed by atoms with van der Waals surface area (Å²) in [5.74, 6) is -0.991. The highest BCUT2D eigenvalue weighted by Gasteiger charge is 2.27. The number of hydrogen-bond donors (Lipinski definition) is 2. The van der Waals surface area contributed by atoms with Crippen LogP contribution in [0.2, 0.25) is 0 Å². The van der Waals surface area contributed by atoms with Gasteiger partial charge in [-0.2, -0.15) is 0 Å². The lowest BCUT2D eigenvalue weighted by atomic mass is 9.83. The molecule has 1 unspecified atom stereocenters. The van der Waals surface area contributed by atoms with Crippen LogP contribution in [0.3, 0.4) is 0 Å². The Morgan fingerprint density at radius 3 is 2.12 bits per heavy atom. The van der Waals surface area contributed by atoms with Crippen LogP contribution in [0.4, 0.5) is 5.69 Å². The maximum absolute atomic E-state index is 11.3. The van der Waals surface area contributed by atoms with E-state index in [9.17, 15) is 9.90 Å². The molecule has 0 aromatic heterocycles. The normalized spacial score (nSPS) is 12.7. The fourth-order valence-corrected chi connectivity index (χ4v) is 2.08. The van der Waals surface area contributed by atoms with Gasteiger partial charge >= 0.3 is 5.97 Å². The number of nitrogens with two attached hydrogens (primary N) is 1. The van der Waals surface area contributed by atoms with Crippen LogP contribution in [-0.4, -0.2) is 11.1 Å². The molecule has 3 nitrogen and oxygen atoms in total. The minimum absolute atomic E-state index is 0.182. The predicted octanol–water partition coefficient (Wildman–Crippen LogP) is 2.87.